The summed E-state index contributed by atoms with van der Waals surface area (Å²) in [4.78, 5) is 4.00. The third-order valence-corrected chi connectivity index (χ3v) is 1.75. The number of nitrogens with zero attached hydrogens (tertiary/aromatic N) is 1. The predicted molar refractivity (Wildman–Crippen MR) is 33.8 cm³/mol. The molecule has 1 heterocycles. The molecule has 0 aromatic carbocycles. The molecule has 40 valence electrons. The zero-order valence-corrected chi connectivity index (χ0v) is 4.76. The molecule has 1 aliphatic carbocycles. The third-order valence-electron chi connectivity index (χ3n) is 1.75. The van der Waals surface area contributed by atoms with Crippen LogP contribution in [0.15, 0.2) is 28.4 Å². The second-order valence-corrected chi connectivity index (χ2v) is 2.23. The van der Waals surface area contributed by atoms with Crippen LogP contribution in [0.4, 0.5) is 0 Å². The summed E-state index contributed by atoms with van der Waals surface area (Å²) in [7, 11) is 0. The Kier molecular flexibility index (Phi) is 0.562. The fourth-order valence-corrected chi connectivity index (χ4v) is 1.06. The molecule has 2 rings (SSSR count). The maximum Gasteiger partial charge on any atom is 0.0406 e. The zero-order chi connectivity index (χ0) is 5.56. The number of fused-ring (bicyclic) bond motifs is 1. The topological polar surface area (TPSA) is 12.4 Å². The molecule has 8 heavy (non-hydrogen) atoms. The van der Waals surface area contributed by atoms with E-state index in [0.717, 1.165) is 0 Å². The van der Waals surface area contributed by atoms with Crippen molar-refractivity contribution in [2.75, 3.05) is 0 Å². The van der Waals surface area contributed by atoms with Gasteiger partial charge in [0.2, 0.25) is 0 Å². The van der Waals surface area contributed by atoms with Crippen LogP contribution >= 0.6 is 0 Å². The van der Waals surface area contributed by atoms with Gasteiger partial charge in [-0.3, -0.25) is 4.99 Å². The first kappa shape index (κ1) is 4.07. The van der Waals surface area contributed by atoms with E-state index < -0.39 is 0 Å². The molecule has 0 aromatic heterocycles. The first-order valence-electron chi connectivity index (χ1n) is 2.80. The standard InChI is InChI=1S/C7H7N/c1-5-6-2-3-8-4-7(5)6/h2-4,7H,1H3. The maximum absolute atomic E-state index is 4.00. The van der Waals surface area contributed by atoms with Gasteiger partial charge in [0, 0.05) is 18.3 Å². The highest BCUT2D eigenvalue weighted by Gasteiger charge is 2.29. The van der Waals surface area contributed by atoms with Crippen molar-refractivity contribution in [1.82, 2.24) is 0 Å². The summed E-state index contributed by atoms with van der Waals surface area (Å²) >= 11 is 0. The molecule has 1 heteroatoms. The average molecular weight is 105 g/mol. The van der Waals surface area contributed by atoms with Crippen molar-refractivity contribution in [2.24, 2.45) is 10.9 Å². The van der Waals surface area contributed by atoms with Crippen LogP contribution in [0.2, 0.25) is 0 Å². The van der Waals surface area contributed by atoms with Crippen molar-refractivity contribution in [3.8, 4) is 0 Å². The molecule has 2 aliphatic rings. The average Bonchev–Trinajstić information content (AvgIpc) is 2.46. The molecule has 0 amide bonds. The molecular formula is C7H7N. The molecule has 0 saturated carbocycles. The second-order valence-electron chi connectivity index (χ2n) is 2.23. The van der Waals surface area contributed by atoms with Crippen molar-refractivity contribution < 1.29 is 0 Å². The summed E-state index contributed by atoms with van der Waals surface area (Å²) in [5.41, 5.74) is 2.96. The molecule has 0 fully saturated rings. The molecule has 0 N–H and O–H groups in total. The molecule has 0 spiro atoms. The van der Waals surface area contributed by atoms with Crippen molar-refractivity contribution >= 4 is 6.21 Å². The van der Waals surface area contributed by atoms with Crippen LogP contribution < -0.4 is 0 Å². The van der Waals surface area contributed by atoms with Crippen LogP contribution in [0.1, 0.15) is 6.92 Å². The van der Waals surface area contributed by atoms with Gasteiger partial charge in [0.1, 0.15) is 0 Å². The molecule has 1 nitrogen and oxygen atoms in total. The fourth-order valence-electron chi connectivity index (χ4n) is 1.06. The van der Waals surface area contributed by atoms with Crippen LogP contribution in [0.25, 0.3) is 0 Å². The Morgan fingerprint density at radius 3 is 3.00 bits per heavy atom. The van der Waals surface area contributed by atoms with Crippen LogP contribution in [0.5, 0.6) is 0 Å². The van der Waals surface area contributed by atoms with E-state index in [0.29, 0.717) is 5.92 Å². The second kappa shape index (κ2) is 1.10. The maximum atomic E-state index is 4.00. The van der Waals surface area contributed by atoms with E-state index in [4.69, 9.17) is 0 Å². The lowest BCUT2D eigenvalue weighted by Gasteiger charge is -1.88. The summed E-state index contributed by atoms with van der Waals surface area (Å²) in [6.07, 6.45) is 5.92. The van der Waals surface area contributed by atoms with Crippen molar-refractivity contribution in [3.05, 3.63) is 23.4 Å². The number of hydrogen-bond donors (Lipinski definition) is 0. The summed E-state index contributed by atoms with van der Waals surface area (Å²) in [6.45, 7) is 2.15. The van der Waals surface area contributed by atoms with Gasteiger partial charge in [-0.05, 0) is 18.6 Å². The highest BCUT2D eigenvalue weighted by atomic mass is 14.7. The monoisotopic (exact) mass is 105 g/mol. The van der Waals surface area contributed by atoms with E-state index in [2.05, 4.69) is 18.0 Å². The fraction of sp³-hybridized carbons (Fsp3) is 0.286. The van der Waals surface area contributed by atoms with Crippen LogP contribution in [-0.4, -0.2) is 6.21 Å². The molecule has 1 unspecified atom stereocenters. The van der Waals surface area contributed by atoms with E-state index in [1.807, 2.05) is 12.4 Å². The summed E-state index contributed by atoms with van der Waals surface area (Å²) in [6, 6.07) is 0. The summed E-state index contributed by atoms with van der Waals surface area (Å²) in [5, 5.41) is 0. The lowest BCUT2D eigenvalue weighted by atomic mass is 10.2. The van der Waals surface area contributed by atoms with Gasteiger partial charge in [-0.2, -0.15) is 0 Å². The van der Waals surface area contributed by atoms with Gasteiger partial charge in [-0.15, -0.1) is 0 Å². The molecular weight excluding hydrogens is 98.1 g/mol. The third kappa shape index (κ3) is 0.340. The van der Waals surface area contributed by atoms with Gasteiger partial charge < -0.3 is 0 Å². The summed E-state index contributed by atoms with van der Waals surface area (Å²) in [5.74, 6) is 0.625. The highest BCUT2D eigenvalue weighted by Crippen LogP contribution is 2.39. The number of allylic oxidation sites excluding steroid dienone is 3. The van der Waals surface area contributed by atoms with Gasteiger partial charge in [-0.25, -0.2) is 0 Å². The highest BCUT2D eigenvalue weighted by molar-refractivity contribution is 5.81. The van der Waals surface area contributed by atoms with Crippen LogP contribution in [0, 0.1) is 5.92 Å². The first-order valence-corrected chi connectivity index (χ1v) is 2.80. The minimum Gasteiger partial charge on any atom is -0.268 e. The minimum absolute atomic E-state index is 0.625. The Bertz CT molecular complexity index is 208. The van der Waals surface area contributed by atoms with Crippen LogP contribution in [-0.2, 0) is 0 Å². The van der Waals surface area contributed by atoms with E-state index in [9.17, 15) is 0 Å². The molecule has 1 aliphatic heterocycles. The number of hydrogen-bond acceptors (Lipinski definition) is 1. The first-order chi connectivity index (χ1) is 3.89. The van der Waals surface area contributed by atoms with Gasteiger partial charge >= 0.3 is 0 Å². The molecule has 0 radical (unpaired) electrons. The normalized spacial score (nSPS) is 30.9. The quantitative estimate of drug-likeness (QED) is 0.443. The van der Waals surface area contributed by atoms with Gasteiger partial charge in [0.15, 0.2) is 0 Å². The zero-order valence-electron chi connectivity index (χ0n) is 4.76. The van der Waals surface area contributed by atoms with Crippen molar-refractivity contribution in [3.63, 3.8) is 0 Å². The van der Waals surface area contributed by atoms with Gasteiger partial charge in [0.25, 0.3) is 0 Å². The Morgan fingerprint density at radius 2 is 2.50 bits per heavy atom. The van der Waals surface area contributed by atoms with E-state index in [1.165, 1.54) is 11.1 Å². The van der Waals surface area contributed by atoms with Crippen molar-refractivity contribution in [2.45, 2.75) is 6.92 Å². The Morgan fingerprint density at radius 1 is 1.62 bits per heavy atom. The van der Waals surface area contributed by atoms with E-state index in [1.54, 1.807) is 0 Å². The lowest BCUT2D eigenvalue weighted by molar-refractivity contribution is 1.22. The molecule has 0 saturated heterocycles. The molecule has 0 aromatic rings. The van der Waals surface area contributed by atoms with E-state index in [-0.39, 0.29) is 0 Å². The summed E-state index contributed by atoms with van der Waals surface area (Å²) < 4.78 is 0. The van der Waals surface area contributed by atoms with E-state index >= 15 is 0 Å². The molecule has 0 bridgehead atoms. The minimum atomic E-state index is 0.625. The largest absolute Gasteiger partial charge is 0.268 e. The predicted octanol–water partition coefficient (Wildman–Crippen LogP) is 1.53. The Labute approximate surface area is 48.4 Å². The SMILES string of the molecule is CC1=C2C=CN=CC12. The lowest BCUT2D eigenvalue weighted by Crippen LogP contribution is -1.84. The van der Waals surface area contributed by atoms with Crippen molar-refractivity contribution in [1.29, 1.82) is 0 Å². The smallest absolute Gasteiger partial charge is 0.0406 e. The number of aliphatic imine (C=N–C) groups is 1. The van der Waals surface area contributed by atoms with Crippen LogP contribution in [0.3, 0.4) is 0 Å². The van der Waals surface area contributed by atoms with Gasteiger partial charge in [0.05, 0.1) is 0 Å². The number of rotatable bonds is 0. The van der Waals surface area contributed by atoms with Gasteiger partial charge in [-0.1, -0.05) is 5.57 Å². The Hall–Kier alpha value is -0.850. The Balaban J connectivity index is 2.37. The molecule has 1 atom stereocenters.